The Labute approximate surface area is 94.6 Å². The molecule has 1 heterocycles. The fourth-order valence-corrected chi connectivity index (χ4v) is 3.19. The normalized spacial score (nSPS) is 34.2. The molecule has 2 fully saturated rings. The molecule has 2 aliphatic rings. The van der Waals surface area contributed by atoms with Crippen LogP contribution in [-0.4, -0.2) is 34.1 Å². The Kier molecular flexibility index (Phi) is 3.03. The molecule has 0 radical (unpaired) electrons. The summed E-state index contributed by atoms with van der Waals surface area (Å²) >= 11 is 0. The maximum Gasteiger partial charge on any atom is 0.326 e. The first-order valence-electron chi connectivity index (χ1n) is 5.92. The van der Waals surface area contributed by atoms with E-state index in [0.717, 1.165) is 25.7 Å². The SMILES string of the molecule is NC(=O)N1C(C(=O)O)CCC2CCCCC21. The quantitative estimate of drug-likeness (QED) is 0.704. The lowest BCUT2D eigenvalue weighted by molar-refractivity contribution is -0.145. The number of carbonyl (C=O) groups excluding carboxylic acids is 1. The summed E-state index contributed by atoms with van der Waals surface area (Å²) in [5.41, 5.74) is 5.33. The van der Waals surface area contributed by atoms with Gasteiger partial charge in [-0.25, -0.2) is 9.59 Å². The molecule has 0 aromatic rings. The minimum absolute atomic E-state index is 0.0566. The minimum atomic E-state index is -0.928. The fourth-order valence-electron chi connectivity index (χ4n) is 3.19. The number of urea groups is 1. The third-order valence-corrected chi connectivity index (χ3v) is 3.91. The Morgan fingerprint density at radius 3 is 2.44 bits per heavy atom. The number of rotatable bonds is 1. The van der Waals surface area contributed by atoms with Crippen molar-refractivity contribution in [3.05, 3.63) is 0 Å². The van der Waals surface area contributed by atoms with Gasteiger partial charge in [0.25, 0.3) is 0 Å². The van der Waals surface area contributed by atoms with Crippen LogP contribution in [0, 0.1) is 5.92 Å². The monoisotopic (exact) mass is 226 g/mol. The van der Waals surface area contributed by atoms with Crippen LogP contribution in [0.25, 0.3) is 0 Å². The van der Waals surface area contributed by atoms with E-state index in [4.69, 9.17) is 10.8 Å². The zero-order valence-electron chi connectivity index (χ0n) is 9.26. The molecule has 2 amide bonds. The van der Waals surface area contributed by atoms with Gasteiger partial charge in [0.2, 0.25) is 0 Å². The summed E-state index contributed by atoms with van der Waals surface area (Å²) in [6.07, 6.45) is 5.70. The van der Waals surface area contributed by atoms with Crippen LogP contribution in [0.4, 0.5) is 4.79 Å². The predicted octanol–water partition coefficient (Wildman–Crippen LogP) is 1.17. The molecule has 3 unspecified atom stereocenters. The van der Waals surface area contributed by atoms with Gasteiger partial charge < -0.3 is 15.7 Å². The summed E-state index contributed by atoms with van der Waals surface area (Å²) in [6, 6.07) is -1.23. The summed E-state index contributed by atoms with van der Waals surface area (Å²) in [4.78, 5) is 23.9. The Morgan fingerprint density at radius 1 is 1.12 bits per heavy atom. The van der Waals surface area contributed by atoms with E-state index in [1.165, 1.54) is 11.3 Å². The number of fused-ring (bicyclic) bond motifs is 1. The maximum atomic E-state index is 11.4. The van der Waals surface area contributed by atoms with Crippen molar-refractivity contribution in [3.8, 4) is 0 Å². The first kappa shape index (κ1) is 11.2. The van der Waals surface area contributed by atoms with Gasteiger partial charge in [-0.15, -0.1) is 0 Å². The van der Waals surface area contributed by atoms with Crippen molar-refractivity contribution in [1.82, 2.24) is 4.90 Å². The Balaban J connectivity index is 2.20. The third kappa shape index (κ3) is 1.86. The number of amides is 2. The highest BCUT2D eigenvalue weighted by molar-refractivity contribution is 5.82. The Bertz CT molecular complexity index is 306. The van der Waals surface area contributed by atoms with Gasteiger partial charge in [0.1, 0.15) is 6.04 Å². The number of aliphatic carboxylic acids is 1. The number of primary amides is 1. The molecule has 1 saturated carbocycles. The molecule has 0 spiro atoms. The number of piperidine rings is 1. The molecule has 1 aliphatic heterocycles. The smallest absolute Gasteiger partial charge is 0.326 e. The highest BCUT2D eigenvalue weighted by atomic mass is 16.4. The van der Waals surface area contributed by atoms with E-state index < -0.39 is 18.0 Å². The van der Waals surface area contributed by atoms with Crippen molar-refractivity contribution in [2.24, 2.45) is 11.7 Å². The minimum Gasteiger partial charge on any atom is -0.480 e. The van der Waals surface area contributed by atoms with Gasteiger partial charge in [0.05, 0.1) is 0 Å². The molecule has 5 heteroatoms. The van der Waals surface area contributed by atoms with Crippen molar-refractivity contribution < 1.29 is 14.7 Å². The van der Waals surface area contributed by atoms with Crippen LogP contribution < -0.4 is 5.73 Å². The number of carboxylic acids is 1. The Hall–Kier alpha value is -1.26. The number of carbonyl (C=O) groups is 2. The average Bonchev–Trinajstić information content (AvgIpc) is 2.27. The van der Waals surface area contributed by atoms with Crippen LogP contribution >= 0.6 is 0 Å². The number of carboxylic acid groups (broad SMARTS) is 1. The van der Waals surface area contributed by atoms with Gasteiger partial charge in [-0.3, -0.25) is 0 Å². The summed E-state index contributed by atoms with van der Waals surface area (Å²) in [6.45, 7) is 0. The number of hydrogen-bond donors (Lipinski definition) is 2. The van der Waals surface area contributed by atoms with Crippen LogP contribution in [0.3, 0.4) is 0 Å². The number of nitrogens with two attached hydrogens (primary N) is 1. The highest BCUT2D eigenvalue weighted by Gasteiger charge is 2.42. The summed E-state index contributed by atoms with van der Waals surface area (Å²) in [5.74, 6) is -0.473. The number of hydrogen-bond acceptors (Lipinski definition) is 2. The van der Waals surface area contributed by atoms with Crippen molar-refractivity contribution >= 4 is 12.0 Å². The zero-order valence-corrected chi connectivity index (χ0v) is 9.26. The molecule has 3 atom stereocenters. The van der Waals surface area contributed by atoms with Crippen molar-refractivity contribution in [2.75, 3.05) is 0 Å². The third-order valence-electron chi connectivity index (χ3n) is 3.91. The van der Waals surface area contributed by atoms with E-state index >= 15 is 0 Å². The fraction of sp³-hybridized carbons (Fsp3) is 0.818. The van der Waals surface area contributed by atoms with Crippen molar-refractivity contribution in [2.45, 2.75) is 50.6 Å². The average molecular weight is 226 g/mol. The molecule has 1 aliphatic carbocycles. The van der Waals surface area contributed by atoms with E-state index in [9.17, 15) is 9.59 Å². The van der Waals surface area contributed by atoms with Crippen LogP contribution in [0.15, 0.2) is 0 Å². The lowest BCUT2D eigenvalue weighted by atomic mass is 9.76. The van der Waals surface area contributed by atoms with Gasteiger partial charge in [0, 0.05) is 6.04 Å². The summed E-state index contributed by atoms with van der Waals surface area (Å²) in [7, 11) is 0. The van der Waals surface area contributed by atoms with E-state index in [0.29, 0.717) is 12.3 Å². The molecule has 16 heavy (non-hydrogen) atoms. The second kappa shape index (κ2) is 4.31. The van der Waals surface area contributed by atoms with Crippen LogP contribution in [0.5, 0.6) is 0 Å². The highest BCUT2D eigenvalue weighted by Crippen LogP contribution is 2.37. The van der Waals surface area contributed by atoms with E-state index in [2.05, 4.69) is 0 Å². The van der Waals surface area contributed by atoms with Crippen LogP contribution in [0.2, 0.25) is 0 Å². The van der Waals surface area contributed by atoms with Gasteiger partial charge in [-0.2, -0.15) is 0 Å². The van der Waals surface area contributed by atoms with Gasteiger partial charge in [-0.1, -0.05) is 12.8 Å². The topological polar surface area (TPSA) is 83.6 Å². The van der Waals surface area contributed by atoms with Gasteiger partial charge >= 0.3 is 12.0 Å². The maximum absolute atomic E-state index is 11.4. The number of likely N-dealkylation sites (tertiary alicyclic amines) is 1. The molecule has 0 bridgehead atoms. The lowest BCUT2D eigenvalue weighted by Gasteiger charge is -2.46. The first-order valence-corrected chi connectivity index (χ1v) is 5.92. The molecule has 5 nitrogen and oxygen atoms in total. The van der Waals surface area contributed by atoms with Crippen LogP contribution in [-0.2, 0) is 4.79 Å². The number of nitrogens with zero attached hydrogens (tertiary/aromatic N) is 1. The second-order valence-corrected chi connectivity index (χ2v) is 4.79. The molecule has 2 rings (SSSR count). The van der Waals surface area contributed by atoms with Crippen LogP contribution in [0.1, 0.15) is 38.5 Å². The zero-order chi connectivity index (χ0) is 11.7. The predicted molar refractivity (Wildman–Crippen MR) is 57.8 cm³/mol. The second-order valence-electron chi connectivity index (χ2n) is 4.79. The van der Waals surface area contributed by atoms with Gasteiger partial charge in [-0.05, 0) is 31.6 Å². The molecular formula is C11H18N2O3. The molecule has 0 aromatic carbocycles. The molecule has 1 saturated heterocycles. The lowest BCUT2D eigenvalue weighted by Crippen LogP contribution is -2.59. The molecular weight excluding hydrogens is 208 g/mol. The Morgan fingerprint density at radius 2 is 1.81 bits per heavy atom. The molecule has 3 N–H and O–H groups in total. The van der Waals surface area contributed by atoms with Crippen molar-refractivity contribution in [3.63, 3.8) is 0 Å². The summed E-state index contributed by atoms with van der Waals surface area (Å²) < 4.78 is 0. The largest absolute Gasteiger partial charge is 0.480 e. The van der Waals surface area contributed by atoms with Gasteiger partial charge in [0.15, 0.2) is 0 Å². The van der Waals surface area contributed by atoms with E-state index in [1.807, 2.05) is 0 Å². The van der Waals surface area contributed by atoms with E-state index in [1.54, 1.807) is 0 Å². The molecule has 0 aromatic heterocycles. The molecule has 90 valence electrons. The standard InChI is InChI=1S/C11H18N2O3/c12-11(16)13-8-4-2-1-3-7(8)5-6-9(13)10(14)15/h7-9H,1-6H2,(H2,12,16)(H,14,15). The van der Waals surface area contributed by atoms with E-state index in [-0.39, 0.29) is 6.04 Å². The summed E-state index contributed by atoms with van der Waals surface area (Å²) in [5, 5.41) is 9.10. The van der Waals surface area contributed by atoms with Crippen molar-refractivity contribution in [1.29, 1.82) is 0 Å². The first-order chi connectivity index (χ1) is 7.61.